The maximum absolute atomic E-state index is 12.0. The standard InChI is InChI=1S/C13H11ClN2O2/c14-10-6-5-8(15)7-9(10)13(18)16-11-3-1-2-4-12(11)17/h1-7,17H,15H2,(H,16,18). The molecule has 1 amide bonds. The minimum atomic E-state index is -0.422. The van der Waals surface area contributed by atoms with Crippen molar-refractivity contribution >= 4 is 28.9 Å². The maximum Gasteiger partial charge on any atom is 0.257 e. The van der Waals surface area contributed by atoms with Crippen molar-refractivity contribution in [2.75, 3.05) is 11.1 Å². The summed E-state index contributed by atoms with van der Waals surface area (Å²) in [6, 6.07) is 11.1. The van der Waals surface area contributed by atoms with Crippen molar-refractivity contribution in [3.63, 3.8) is 0 Å². The molecule has 0 bridgehead atoms. The third-order valence-corrected chi connectivity index (χ3v) is 2.72. The number of nitrogens with two attached hydrogens (primary N) is 1. The molecule has 0 unspecified atom stereocenters. The quantitative estimate of drug-likeness (QED) is 0.575. The SMILES string of the molecule is Nc1ccc(Cl)c(C(=O)Nc2ccccc2O)c1. The number of benzene rings is 2. The van der Waals surface area contributed by atoms with Crippen LogP contribution in [0.25, 0.3) is 0 Å². The molecule has 0 spiro atoms. The Hall–Kier alpha value is -2.20. The normalized spacial score (nSPS) is 10.1. The molecule has 0 aliphatic rings. The summed E-state index contributed by atoms with van der Waals surface area (Å²) < 4.78 is 0. The summed E-state index contributed by atoms with van der Waals surface area (Å²) in [4.78, 5) is 12.0. The first-order valence-electron chi connectivity index (χ1n) is 5.22. The zero-order chi connectivity index (χ0) is 13.1. The monoisotopic (exact) mass is 262 g/mol. The fraction of sp³-hybridized carbons (Fsp3) is 0. The van der Waals surface area contributed by atoms with Gasteiger partial charge in [-0.3, -0.25) is 4.79 Å². The predicted octanol–water partition coefficient (Wildman–Crippen LogP) is 2.88. The molecular weight excluding hydrogens is 252 g/mol. The van der Waals surface area contributed by atoms with Crippen molar-refractivity contribution in [3.8, 4) is 5.75 Å². The van der Waals surface area contributed by atoms with Crippen molar-refractivity contribution in [1.82, 2.24) is 0 Å². The number of aromatic hydroxyl groups is 1. The van der Waals surface area contributed by atoms with Gasteiger partial charge < -0.3 is 16.2 Å². The molecule has 2 rings (SSSR count). The van der Waals surface area contributed by atoms with E-state index in [0.717, 1.165) is 0 Å². The number of carbonyl (C=O) groups excluding carboxylic acids is 1. The molecule has 92 valence electrons. The third kappa shape index (κ3) is 2.55. The number of nitrogens with one attached hydrogen (secondary N) is 1. The van der Waals surface area contributed by atoms with E-state index in [9.17, 15) is 9.90 Å². The molecular formula is C13H11ClN2O2. The molecule has 4 N–H and O–H groups in total. The van der Waals surface area contributed by atoms with E-state index in [4.69, 9.17) is 17.3 Å². The van der Waals surface area contributed by atoms with Crippen LogP contribution in [0.5, 0.6) is 5.75 Å². The topological polar surface area (TPSA) is 75.4 Å². The first kappa shape index (κ1) is 12.3. The molecule has 4 nitrogen and oxygen atoms in total. The number of amides is 1. The van der Waals surface area contributed by atoms with E-state index in [2.05, 4.69) is 5.32 Å². The van der Waals surface area contributed by atoms with E-state index < -0.39 is 5.91 Å². The highest BCUT2D eigenvalue weighted by Gasteiger charge is 2.12. The van der Waals surface area contributed by atoms with Gasteiger partial charge in [0.1, 0.15) is 5.75 Å². The highest BCUT2D eigenvalue weighted by molar-refractivity contribution is 6.34. The Morgan fingerprint density at radius 2 is 1.94 bits per heavy atom. The molecule has 0 aliphatic heterocycles. The highest BCUT2D eigenvalue weighted by Crippen LogP contribution is 2.24. The summed E-state index contributed by atoms with van der Waals surface area (Å²) in [5.41, 5.74) is 6.63. The Morgan fingerprint density at radius 3 is 2.67 bits per heavy atom. The zero-order valence-electron chi connectivity index (χ0n) is 9.35. The highest BCUT2D eigenvalue weighted by atomic mass is 35.5. The summed E-state index contributed by atoms with van der Waals surface area (Å²) in [6.07, 6.45) is 0. The molecule has 18 heavy (non-hydrogen) atoms. The lowest BCUT2D eigenvalue weighted by atomic mass is 10.2. The van der Waals surface area contributed by atoms with Gasteiger partial charge in [-0.15, -0.1) is 0 Å². The summed E-state index contributed by atoms with van der Waals surface area (Å²) in [6.45, 7) is 0. The minimum absolute atomic E-state index is 0.00845. The van der Waals surface area contributed by atoms with Crippen LogP contribution < -0.4 is 11.1 Å². The van der Waals surface area contributed by atoms with Crippen LogP contribution in [0.3, 0.4) is 0 Å². The second-order valence-corrected chi connectivity index (χ2v) is 4.12. The lowest BCUT2D eigenvalue weighted by molar-refractivity contribution is 0.102. The van der Waals surface area contributed by atoms with Gasteiger partial charge in [0.25, 0.3) is 5.91 Å². The van der Waals surface area contributed by atoms with Gasteiger partial charge >= 0.3 is 0 Å². The van der Waals surface area contributed by atoms with Gasteiger partial charge in [0.2, 0.25) is 0 Å². The Bertz CT molecular complexity index is 599. The lowest BCUT2D eigenvalue weighted by Crippen LogP contribution is -2.12. The van der Waals surface area contributed by atoms with E-state index in [-0.39, 0.29) is 11.3 Å². The van der Waals surface area contributed by atoms with E-state index in [1.54, 1.807) is 30.3 Å². The first-order chi connectivity index (χ1) is 8.58. The maximum atomic E-state index is 12.0. The molecule has 0 fully saturated rings. The number of hydrogen-bond acceptors (Lipinski definition) is 3. The average molecular weight is 263 g/mol. The second-order valence-electron chi connectivity index (χ2n) is 3.71. The Balaban J connectivity index is 2.28. The number of para-hydroxylation sites is 2. The molecule has 0 aromatic heterocycles. The first-order valence-corrected chi connectivity index (χ1v) is 5.60. The predicted molar refractivity (Wildman–Crippen MR) is 71.9 cm³/mol. The minimum Gasteiger partial charge on any atom is -0.506 e. The van der Waals surface area contributed by atoms with Crippen LogP contribution in [-0.4, -0.2) is 11.0 Å². The molecule has 2 aromatic rings. The van der Waals surface area contributed by atoms with Crippen LogP contribution in [0, 0.1) is 0 Å². The average Bonchev–Trinajstić information content (AvgIpc) is 2.35. The second kappa shape index (κ2) is 4.98. The van der Waals surface area contributed by atoms with Crippen molar-refractivity contribution in [2.45, 2.75) is 0 Å². The van der Waals surface area contributed by atoms with Crippen LogP contribution in [0.1, 0.15) is 10.4 Å². The van der Waals surface area contributed by atoms with Crippen molar-refractivity contribution in [1.29, 1.82) is 0 Å². The number of rotatable bonds is 2. The van der Waals surface area contributed by atoms with Crippen LogP contribution in [-0.2, 0) is 0 Å². The van der Waals surface area contributed by atoms with Gasteiger partial charge in [0, 0.05) is 5.69 Å². The molecule has 0 aliphatic carbocycles. The van der Waals surface area contributed by atoms with Gasteiger partial charge in [-0.1, -0.05) is 23.7 Å². The zero-order valence-corrected chi connectivity index (χ0v) is 10.1. The summed E-state index contributed by atoms with van der Waals surface area (Å²) >= 11 is 5.92. The molecule has 5 heteroatoms. The molecule has 2 aromatic carbocycles. The van der Waals surface area contributed by atoms with Crippen LogP contribution in [0.15, 0.2) is 42.5 Å². The van der Waals surface area contributed by atoms with E-state index in [1.807, 2.05) is 0 Å². The van der Waals surface area contributed by atoms with Gasteiger partial charge in [-0.05, 0) is 30.3 Å². The molecule has 0 saturated carbocycles. The van der Waals surface area contributed by atoms with E-state index in [0.29, 0.717) is 16.4 Å². The summed E-state index contributed by atoms with van der Waals surface area (Å²) in [5.74, 6) is -0.431. The lowest BCUT2D eigenvalue weighted by Gasteiger charge is -2.08. The number of phenols is 1. The largest absolute Gasteiger partial charge is 0.506 e. The number of anilines is 2. The van der Waals surface area contributed by atoms with Crippen LogP contribution in [0.4, 0.5) is 11.4 Å². The molecule has 0 atom stereocenters. The van der Waals surface area contributed by atoms with Gasteiger partial charge in [-0.25, -0.2) is 0 Å². The number of hydrogen-bond donors (Lipinski definition) is 3. The Kier molecular flexibility index (Phi) is 3.39. The smallest absolute Gasteiger partial charge is 0.257 e. The van der Waals surface area contributed by atoms with Crippen LogP contribution in [0.2, 0.25) is 5.02 Å². The van der Waals surface area contributed by atoms with Crippen molar-refractivity contribution < 1.29 is 9.90 Å². The van der Waals surface area contributed by atoms with Crippen LogP contribution >= 0.6 is 11.6 Å². The van der Waals surface area contributed by atoms with Gasteiger partial charge in [0.05, 0.1) is 16.3 Å². The summed E-state index contributed by atoms with van der Waals surface area (Å²) in [7, 11) is 0. The van der Waals surface area contributed by atoms with Gasteiger partial charge in [0.15, 0.2) is 0 Å². The number of nitrogen functional groups attached to an aromatic ring is 1. The van der Waals surface area contributed by atoms with E-state index in [1.165, 1.54) is 12.1 Å². The van der Waals surface area contributed by atoms with Crippen molar-refractivity contribution in [3.05, 3.63) is 53.1 Å². The van der Waals surface area contributed by atoms with Gasteiger partial charge in [-0.2, -0.15) is 0 Å². The fourth-order valence-electron chi connectivity index (χ4n) is 1.49. The van der Waals surface area contributed by atoms with Crippen molar-refractivity contribution in [2.24, 2.45) is 0 Å². The fourth-order valence-corrected chi connectivity index (χ4v) is 1.69. The molecule has 0 saturated heterocycles. The summed E-state index contributed by atoms with van der Waals surface area (Å²) in [5, 5.41) is 12.4. The third-order valence-electron chi connectivity index (χ3n) is 2.39. The Labute approximate surface area is 109 Å². The van der Waals surface area contributed by atoms with E-state index >= 15 is 0 Å². The molecule has 0 heterocycles. The number of carbonyl (C=O) groups is 1. The Morgan fingerprint density at radius 1 is 1.22 bits per heavy atom. The number of phenolic OH excluding ortho intramolecular Hbond substituents is 1. The molecule has 0 radical (unpaired) electrons. The number of halogens is 1.